The van der Waals surface area contributed by atoms with Crippen LogP contribution in [0.15, 0.2) is 22.7 Å². The Hall–Kier alpha value is -0.390. The van der Waals surface area contributed by atoms with Crippen molar-refractivity contribution in [3.8, 4) is 0 Å². The van der Waals surface area contributed by atoms with Crippen molar-refractivity contribution in [2.45, 2.75) is 18.2 Å². The Morgan fingerprint density at radius 2 is 2.22 bits per heavy atom. The fraction of sp³-hybridized carbons (Fsp3) is 0.462. The van der Waals surface area contributed by atoms with E-state index in [-0.39, 0.29) is 10.7 Å². The van der Waals surface area contributed by atoms with Crippen LogP contribution in [0, 0.1) is 6.92 Å². The molecule has 1 aromatic carbocycles. The van der Waals surface area contributed by atoms with Crippen LogP contribution in [0.4, 0.5) is 0 Å². The number of rotatable bonds is 6. The molecule has 1 N–H and O–H groups in total. The molecule has 0 radical (unpaired) electrons. The molecule has 0 heterocycles. The summed E-state index contributed by atoms with van der Waals surface area (Å²) in [6.07, 6.45) is 0.836. The molecule has 1 rings (SSSR count). The van der Waals surface area contributed by atoms with E-state index < -0.39 is 0 Å². The number of nitrogens with one attached hydrogen (secondary N) is 1. The van der Waals surface area contributed by atoms with Crippen LogP contribution in [0.25, 0.3) is 0 Å². The van der Waals surface area contributed by atoms with Gasteiger partial charge in [0.25, 0.3) is 5.91 Å². The van der Waals surface area contributed by atoms with Gasteiger partial charge >= 0.3 is 0 Å². The molecule has 0 aliphatic heterocycles. The summed E-state index contributed by atoms with van der Waals surface area (Å²) in [6, 6.07) is 5.73. The van der Waals surface area contributed by atoms with Gasteiger partial charge in [0.1, 0.15) is 0 Å². The number of amides is 1. The highest BCUT2D eigenvalue weighted by Gasteiger charge is 2.10. The van der Waals surface area contributed by atoms with Gasteiger partial charge in [-0.05, 0) is 41.4 Å². The minimum Gasteiger partial charge on any atom is -0.384 e. The summed E-state index contributed by atoms with van der Waals surface area (Å²) >= 11 is 6.87. The summed E-state index contributed by atoms with van der Waals surface area (Å²) < 4.78 is 5.83. The minimum atomic E-state index is -0.0531. The fourth-order valence-electron chi connectivity index (χ4n) is 1.51. The third kappa shape index (κ3) is 5.08. The number of ether oxygens (including phenoxy) is 1. The molecule has 0 fully saturated rings. The first kappa shape index (κ1) is 15.7. The molecule has 0 saturated heterocycles. The maximum Gasteiger partial charge on any atom is 0.252 e. The Labute approximate surface area is 125 Å². The van der Waals surface area contributed by atoms with Gasteiger partial charge in [0.15, 0.2) is 0 Å². The highest BCUT2D eigenvalue weighted by atomic mass is 79.9. The van der Waals surface area contributed by atoms with E-state index in [1.165, 1.54) is 0 Å². The number of hydrogen-bond donors (Lipinski definition) is 1. The molecule has 0 aliphatic rings. The predicted octanol–water partition coefficient (Wildman–Crippen LogP) is 3.29. The number of halogens is 2. The summed E-state index contributed by atoms with van der Waals surface area (Å²) in [4.78, 5) is 12.2. The fourth-order valence-corrected chi connectivity index (χ4v) is 2.43. The molecule has 3 nitrogen and oxygen atoms in total. The van der Waals surface area contributed by atoms with Crippen molar-refractivity contribution in [2.24, 2.45) is 0 Å². The Bertz CT molecular complexity index is 410. The van der Waals surface area contributed by atoms with E-state index in [1.54, 1.807) is 7.11 Å². The van der Waals surface area contributed by atoms with Gasteiger partial charge in [0.05, 0.1) is 12.2 Å². The van der Waals surface area contributed by atoms with Gasteiger partial charge in [-0.2, -0.15) is 0 Å². The van der Waals surface area contributed by atoms with Gasteiger partial charge < -0.3 is 10.1 Å². The number of methoxy groups -OCH3 is 1. The van der Waals surface area contributed by atoms with Crippen molar-refractivity contribution in [3.63, 3.8) is 0 Å². The number of alkyl halides is 1. The van der Waals surface area contributed by atoms with Crippen LogP contribution in [0.2, 0.25) is 0 Å². The smallest absolute Gasteiger partial charge is 0.252 e. The monoisotopic (exact) mass is 377 g/mol. The van der Waals surface area contributed by atoms with Crippen molar-refractivity contribution >= 4 is 37.8 Å². The van der Waals surface area contributed by atoms with E-state index in [0.717, 1.165) is 16.5 Å². The third-order valence-electron chi connectivity index (χ3n) is 2.46. The molecule has 18 heavy (non-hydrogen) atoms. The summed E-state index contributed by atoms with van der Waals surface area (Å²) in [5.74, 6) is -0.0531. The van der Waals surface area contributed by atoms with E-state index >= 15 is 0 Å². The van der Waals surface area contributed by atoms with Crippen LogP contribution >= 0.6 is 31.9 Å². The topological polar surface area (TPSA) is 38.3 Å². The second-order valence-electron chi connectivity index (χ2n) is 4.08. The highest BCUT2D eigenvalue weighted by Crippen LogP contribution is 2.18. The van der Waals surface area contributed by atoms with Crippen molar-refractivity contribution in [1.29, 1.82) is 0 Å². The van der Waals surface area contributed by atoms with E-state index in [0.29, 0.717) is 18.7 Å². The normalized spacial score (nSPS) is 12.2. The summed E-state index contributed by atoms with van der Waals surface area (Å²) in [5, 5.41) is 2.90. The van der Waals surface area contributed by atoms with Crippen LogP contribution in [0.5, 0.6) is 0 Å². The predicted molar refractivity (Wildman–Crippen MR) is 80.4 cm³/mol. The van der Waals surface area contributed by atoms with Crippen LogP contribution < -0.4 is 5.32 Å². The van der Waals surface area contributed by atoms with Gasteiger partial charge in [0, 0.05) is 23.0 Å². The summed E-state index contributed by atoms with van der Waals surface area (Å²) in [7, 11) is 1.66. The number of carbonyl (C=O) groups excluding carboxylic acids is 1. The quantitative estimate of drug-likeness (QED) is 0.771. The van der Waals surface area contributed by atoms with Gasteiger partial charge in [-0.15, -0.1) is 0 Å². The molecule has 0 aromatic heterocycles. The van der Waals surface area contributed by atoms with E-state index in [9.17, 15) is 4.79 Å². The van der Waals surface area contributed by atoms with Crippen molar-refractivity contribution in [1.82, 2.24) is 5.32 Å². The average molecular weight is 379 g/mol. The van der Waals surface area contributed by atoms with Crippen molar-refractivity contribution < 1.29 is 9.53 Å². The molecule has 5 heteroatoms. The zero-order valence-electron chi connectivity index (χ0n) is 10.5. The average Bonchev–Trinajstić information content (AvgIpc) is 2.32. The lowest BCUT2D eigenvalue weighted by Gasteiger charge is -2.10. The molecule has 1 amide bonds. The SMILES string of the molecule is COCC(Br)CCNC(=O)c1cc(C)ccc1Br. The number of carbonyl (C=O) groups is 1. The lowest BCUT2D eigenvalue weighted by molar-refractivity contribution is 0.0951. The number of aryl methyl sites for hydroxylation is 1. The lowest BCUT2D eigenvalue weighted by atomic mass is 10.1. The van der Waals surface area contributed by atoms with Crippen molar-refractivity contribution in [3.05, 3.63) is 33.8 Å². The zero-order valence-corrected chi connectivity index (χ0v) is 13.7. The van der Waals surface area contributed by atoms with Crippen LogP contribution in [-0.4, -0.2) is 31.0 Å². The third-order valence-corrected chi connectivity index (χ3v) is 3.87. The van der Waals surface area contributed by atoms with Crippen LogP contribution in [0.1, 0.15) is 22.3 Å². The first-order valence-corrected chi connectivity index (χ1v) is 7.43. The van der Waals surface area contributed by atoms with Crippen molar-refractivity contribution in [2.75, 3.05) is 20.3 Å². The van der Waals surface area contributed by atoms with Gasteiger partial charge in [0.2, 0.25) is 0 Å². The maximum absolute atomic E-state index is 12.0. The minimum absolute atomic E-state index is 0.0531. The molecular weight excluding hydrogens is 362 g/mol. The van der Waals surface area contributed by atoms with E-state index in [1.807, 2.05) is 25.1 Å². The first-order valence-electron chi connectivity index (χ1n) is 5.72. The second kappa shape index (κ2) is 7.92. The summed E-state index contributed by atoms with van der Waals surface area (Å²) in [5.41, 5.74) is 1.74. The number of hydrogen-bond acceptors (Lipinski definition) is 2. The molecule has 0 aliphatic carbocycles. The van der Waals surface area contributed by atoms with E-state index in [2.05, 4.69) is 37.2 Å². The Morgan fingerprint density at radius 1 is 1.50 bits per heavy atom. The Morgan fingerprint density at radius 3 is 2.89 bits per heavy atom. The molecule has 0 bridgehead atoms. The molecule has 0 spiro atoms. The molecule has 1 atom stereocenters. The standard InChI is InChI=1S/C13H17Br2NO2/c1-9-3-4-12(15)11(7-9)13(17)16-6-5-10(14)8-18-2/h3-4,7,10H,5-6,8H2,1-2H3,(H,16,17). The Kier molecular flexibility index (Phi) is 6.89. The summed E-state index contributed by atoms with van der Waals surface area (Å²) in [6.45, 7) is 3.23. The lowest BCUT2D eigenvalue weighted by Crippen LogP contribution is -2.27. The molecule has 0 saturated carbocycles. The van der Waals surface area contributed by atoms with Gasteiger partial charge in [-0.3, -0.25) is 4.79 Å². The first-order chi connectivity index (χ1) is 8.54. The Balaban J connectivity index is 2.48. The highest BCUT2D eigenvalue weighted by molar-refractivity contribution is 9.10. The number of benzene rings is 1. The van der Waals surface area contributed by atoms with Crippen LogP contribution in [-0.2, 0) is 4.74 Å². The van der Waals surface area contributed by atoms with Crippen LogP contribution in [0.3, 0.4) is 0 Å². The van der Waals surface area contributed by atoms with E-state index in [4.69, 9.17) is 4.74 Å². The van der Waals surface area contributed by atoms with Gasteiger partial charge in [-0.1, -0.05) is 27.6 Å². The van der Waals surface area contributed by atoms with Gasteiger partial charge in [-0.25, -0.2) is 0 Å². The zero-order chi connectivity index (χ0) is 13.5. The second-order valence-corrected chi connectivity index (χ2v) is 6.23. The maximum atomic E-state index is 12.0. The molecular formula is C13H17Br2NO2. The molecule has 1 unspecified atom stereocenters. The molecule has 1 aromatic rings. The largest absolute Gasteiger partial charge is 0.384 e. The molecule has 100 valence electrons.